The molecule has 0 unspecified atom stereocenters. The standard InChI is InChI=1S/C13H21N3OS/c1-3-14-6-4-5-12-11(2)15-13(18-12)16-7-9-17-10-8-16/h4-5,14H,3,6-10H2,1-2H3. The number of ether oxygens (including phenoxy) is 1. The van der Waals surface area contributed by atoms with E-state index in [0.717, 1.165) is 50.2 Å². The van der Waals surface area contributed by atoms with Gasteiger partial charge in [0.25, 0.3) is 0 Å². The number of aromatic nitrogens is 1. The van der Waals surface area contributed by atoms with Crippen molar-refractivity contribution in [1.82, 2.24) is 10.3 Å². The lowest BCUT2D eigenvalue weighted by Crippen LogP contribution is -2.36. The summed E-state index contributed by atoms with van der Waals surface area (Å²) in [5, 5.41) is 4.40. The number of morpholine rings is 1. The maximum absolute atomic E-state index is 5.36. The van der Waals surface area contributed by atoms with Gasteiger partial charge in [-0.15, -0.1) is 0 Å². The summed E-state index contributed by atoms with van der Waals surface area (Å²) in [5.74, 6) is 0. The molecule has 2 heterocycles. The minimum atomic E-state index is 0.810. The minimum absolute atomic E-state index is 0.810. The SMILES string of the molecule is CCNCC=Cc1sc(N2CCOCC2)nc1C. The molecule has 0 amide bonds. The topological polar surface area (TPSA) is 37.4 Å². The first-order chi connectivity index (χ1) is 8.81. The number of nitrogens with zero attached hydrogens (tertiary/aromatic N) is 2. The van der Waals surface area contributed by atoms with E-state index in [2.05, 4.69) is 41.2 Å². The highest BCUT2D eigenvalue weighted by Crippen LogP contribution is 2.27. The molecule has 1 saturated heterocycles. The molecule has 0 aromatic carbocycles. The van der Waals surface area contributed by atoms with Crippen LogP contribution in [-0.2, 0) is 4.74 Å². The second-order valence-electron chi connectivity index (χ2n) is 4.26. The summed E-state index contributed by atoms with van der Waals surface area (Å²) in [6.07, 6.45) is 4.33. The van der Waals surface area contributed by atoms with E-state index in [1.165, 1.54) is 4.88 Å². The van der Waals surface area contributed by atoms with Gasteiger partial charge in [-0.25, -0.2) is 4.98 Å². The smallest absolute Gasteiger partial charge is 0.186 e. The highest BCUT2D eigenvalue weighted by molar-refractivity contribution is 7.16. The van der Waals surface area contributed by atoms with Crippen molar-refractivity contribution in [3.8, 4) is 0 Å². The molecule has 2 rings (SSSR count). The first-order valence-electron chi connectivity index (χ1n) is 6.48. The predicted molar refractivity (Wildman–Crippen MR) is 77.5 cm³/mol. The molecule has 1 fully saturated rings. The van der Waals surface area contributed by atoms with Gasteiger partial charge in [-0.2, -0.15) is 0 Å². The van der Waals surface area contributed by atoms with E-state index >= 15 is 0 Å². The Kier molecular flexibility index (Phi) is 5.16. The van der Waals surface area contributed by atoms with Crippen LogP contribution in [0.1, 0.15) is 17.5 Å². The summed E-state index contributed by atoms with van der Waals surface area (Å²) >= 11 is 1.77. The van der Waals surface area contributed by atoms with Crippen LogP contribution >= 0.6 is 11.3 Å². The van der Waals surface area contributed by atoms with E-state index in [9.17, 15) is 0 Å². The van der Waals surface area contributed by atoms with Crippen LogP contribution < -0.4 is 10.2 Å². The fourth-order valence-electron chi connectivity index (χ4n) is 1.83. The van der Waals surface area contributed by atoms with E-state index in [1.807, 2.05) is 0 Å². The highest BCUT2D eigenvalue weighted by Gasteiger charge is 2.15. The number of aryl methyl sites for hydroxylation is 1. The fourth-order valence-corrected chi connectivity index (χ4v) is 2.88. The fraction of sp³-hybridized carbons (Fsp3) is 0.615. The molecule has 18 heavy (non-hydrogen) atoms. The minimum Gasteiger partial charge on any atom is -0.378 e. The van der Waals surface area contributed by atoms with Gasteiger partial charge in [-0.3, -0.25) is 0 Å². The second-order valence-corrected chi connectivity index (χ2v) is 5.26. The Balaban J connectivity index is 1.99. The van der Waals surface area contributed by atoms with E-state index < -0.39 is 0 Å². The Morgan fingerprint density at radius 2 is 2.22 bits per heavy atom. The molecule has 0 spiro atoms. The Hall–Kier alpha value is -0.910. The molecule has 0 aliphatic carbocycles. The summed E-state index contributed by atoms with van der Waals surface area (Å²) in [4.78, 5) is 8.22. The summed E-state index contributed by atoms with van der Waals surface area (Å²) in [7, 11) is 0. The molecule has 1 aliphatic heterocycles. The van der Waals surface area contributed by atoms with Crippen molar-refractivity contribution in [2.45, 2.75) is 13.8 Å². The van der Waals surface area contributed by atoms with Gasteiger partial charge in [0, 0.05) is 19.6 Å². The van der Waals surface area contributed by atoms with E-state index in [4.69, 9.17) is 4.74 Å². The summed E-state index contributed by atoms with van der Waals surface area (Å²) in [6.45, 7) is 9.64. The van der Waals surface area contributed by atoms with Gasteiger partial charge in [-0.1, -0.05) is 24.3 Å². The van der Waals surface area contributed by atoms with Crippen LogP contribution in [0.15, 0.2) is 6.08 Å². The van der Waals surface area contributed by atoms with Crippen molar-refractivity contribution in [3.63, 3.8) is 0 Å². The van der Waals surface area contributed by atoms with E-state index in [0.29, 0.717) is 0 Å². The zero-order valence-corrected chi connectivity index (χ0v) is 11.9. The number of hydrogen-bond donors (Lipinski definition) is 1. The third kappa shape index (κ3) is 3.54. The lowest BCUT2D eigenvalue weighted by molar-refractivity contribution is 0.122. The molecule has 0 saturated carbocycles. The zero-order chi connectivity index (χ0) is 12.8. The van der Waals surface area contributed by atoms with Gasteiger partial charge in [0.15, 0.2) is 5.13 Å². The zero-order valence-electron chi connectivity index (χ0n) is 11.1. The van der Waals surface area contributed by atoms with Gasteiger partial charge in [0.2, 0.25) is 0 Å². The van der Waals surface area contributed by atoms with Crippen LogP contribution in [0.4, 0.5) is 5.13 Å². The normalized spacial score (nSPS) is 16.7. The monoisotopic (exact) mass is 267 g/mol. The number of hydrogen-bond acceptors (Lipinski definition) is 5. The van der Waals surface area contributed by atoms with Crippen molar-refractivity contribution in [2.75, 3.05) is 44.3 Å². The molecular weight excluding hydrogens is 246 g/mol. The summed E-state index contributed by atoms with van der Waals surface area (Å²) < 4.78 is 5.36. The van der Waals surface area contributed by atoms with Gasteiger partial charge in [-0.05, 0) is 19.5 Å². The average Bonchev–Trinajstić information content (AvgIpc) is 2.77. The largest absolute Gasteiger partial charge is 0.378 e. The molecule has 1 N–H and O–H groups in total. The van der Waals surface area contributed by atoms with Crippen LogP contribution in [0.25, 0.3) is 6.08 Å². The average molecular weight is 267 g/mol. The van der Waals surface area contributed by atoms with Crippen molar-refractivity contribution in [3.05, 3.63) is 16.6 Å². The number of rotatable bonds is 5. The molecule has 1 aliphatic rings. The molecule has 1 aromatic heterocycles. The van der Waals surface area contributed by atoms with Gasteiger partial charge in [0.05, 0.1) is 23.8 Å². The lowest BCUT2D eigenvalue weighted by atomic mass is 10.3. The third-order valence-corrected chi connectivity index (χ3v) is 4.07. The van der Waals surface area contributed by atoms with Crippen LogP contribution in [0.3, 0.4) is 0 Å². The Morgan fingerprint density at radius 3 is 2.94 bits per heavy atom. The molecule has 5 heteroatoms. The lowest BCUT2D eigenvalue weighted by Gasteiger charge is -2.25. The summed E-state index contributed by atoms with van der Waals surface area (Å²) in [6, 6.07) is 0. The maximum Gasteiger partial charge on any atom is 0.186 e. The first kappa shape index (κ1) is 13.5. The predicted octanol–water partition coefficient (Wildman–Crippen LogP) is 1.91. The van der Waals surface area contributed by atoms with Crippen LogP contribution in [0.5, 0.6) is 0 Å². The second kappa shape index (κ2) is 6.87. The van der Waals surface area contributed by atoms with Crippen molar-refractivity contribution < 1.29 is 4.74 Å². The van der Waals surface area contributed by atoms with E-state index in [-0.39, 0.29) is 0 Å². The number of anilines is 1. The Morgan fingerprint density at radius 1 is 1.44 bits per heavy atom. The molecule has 100 valence electrons. The number of thiazole rings is 1. The van der Waals surface area contributed by atoms with Gasteiger partial charge in [0.1, 0.15) is 0 Å². The molecule has 0 atom stereocenters. The first-order valence-corrected chi connectivity index (χ1v) is 7.30. The Bertz CT molecular complexity index is 397. The maximum atomic E-state index is 5.36. The van der Waals surface area contributed by atoms with Gasteiger partial charge < -0.3 is 15.0 Å². The van der Waals surface area contributed by atoms with Crippen molar-refractivity contribution >= 4 is 22.5 Å². The van der Waals surface area contributed by atoms with Crippen molar-refractivity contribution in [2.24, 2.45) is 0 Å². The quantitative estimate of drug-likeness (QED) is 0.827. The molecule has 1 aromatic rings. The molecule has 4 nitrogen and oxygen atoms in total. The molecular formula is C13H21N3OS. The number of nitrogens with one attached hydrogen (secondary N) is 1. The van der Waals surface area contributed by atoms with Crippen LogP contribution in [0.2, 0.25) is 0 Å². The third-order valence-electron chi connectivity index (χ3n) is 2.88. The van der Waals surface area contributed by atoms with Crippen LogP contribution in [0, 0.1) is 6.92 Å². The van der Waals surface area contributed by atoms with Crippen LogP contribution in [-0.4, -0.2) is 44.4 Å². The van der Waals surface area contributed by atoms with Crippen molar-refractivity contribution in [1.29, 1.82) is 0 Å². The van der Waals surface area contributed by atoms with Gasteiger partial charge >= 0.3 is 0 Å². The summed E-state index contributed by atoms with van der Waals surface area (Å²) in [5.41, 5.74) is 1.12. The molecule has 0 bridgehead atoms. The number of likely N-dealkylation sites (N-methyl/N-ethyl adjacent to an activating group) is 1. The molecule has 0 radical (unpaired) electrons. The van der Waals surface area contributed by atoms with E-state index in [1.54, 1.807) is 11.3 Å². The Labute approximate surface area is 113 Å². The highest BCUT2D eigenvalue weighted by atomic mass is 32.1.